The average Bonchev–Trinajstić information content (AvgIpc) is 3.72. The fourth-order valence-electron chi connectivity index (χ4n) is 5.23. The lowest BCUT2D eigenvalue weighted by atomic mass is 10.1. The number of nitrogen functional groups attached to an aromatic ring is 2. The molecule has 4 aromatic heterocycles. The van der Waals surface area contributed by atoms with Crippen LogP contribution < -0.4 is 17.0 Å². The molecule has 2 bridgehead atoms. The molecule has 3 aliphatic rings. The van der Waals surface area contributed by atoms with Gasteiger partial charge in [-0.2, -0.15) is 4.98 Å². The van der Waals surface area contributed by atoms with Gasteiger partial charge in [0.15, 0.2) is 47.4 Å². The van der Waals surface area contributed by atoms with Crippen LogP contribution in [0.2, 0.25) is 0 Å². The lowest BCUT2D eigenvalue weighted by molar-refractivity contribution is -0.0669. The number of nitrogens with two attached hydrogens (primary N) is 2. The van der Waals surface area contributed by atoms with Gasteiger partial charge in [-0.1, -0.05) is 0 Å². The van der Waals surface area contributed by atoms with Gasteiger partial charge in [0.2, 0.25) is 5.95 Å². The highest BCUT2D eigenvalue weighted by Crippen LogP contribution is 2.54. The van der Waals surface area contributed by atoms with Gasteiger partial charge in [0.1, 0.15) is 36.3 Å². The van der Waals surface area contributed by atoms with E-state index in [4.69, 9.17) is 39.0 Å². The number of alkyl halides is 2. The summed E-state index contributed by atoms with van der Waals surface area (Å²) in [4.78, 5) is 55.2. The Morgan fingerprint density at radius 1 is 0.844 bits per heavy atom. The summed E-state index contributed by atoms with van der Waals surface area (Å²) < 4.78 is 91.3. The number of phosphoric ester groups is 2. The number of aromatic amines is 1. The molecule has 7 rings (SSSR count). The summed E-state index contributed by atoms with van der Waals surface area (Å²) in [6.07, 6.45) is -11.8. The van der Waals surface area contributed by atoms with Crippen molar-refractivity contribution >= 4 is 49.7 Å². The number of ether oxygens (including phenoxy) is 2. The maximum absolute atomic E-state index is 15.9. The Morgan fingerprint density at radius 2 is 1.47 bits per heavy atom. The fraction of sp³-hybridized carbons (Fsp3) is 0.500. The largest absolute Gasteiger partial charge is 0.472 e. The van der Waals surface area contributed by atoms with Crippen LogP contribution in [0.4, 0.5) is 20.5 Å². The van der Waals surface area contributed by atoms with Gasteiger partial charge in [-0.3, -0.25) is 37.0 Å². The monoisotopic (exact) mass is 678 g/mol. The Bertz CT molecular complexity index is 1940. The zero-order chi connectivity index (χ0) is 31.8. The molecule has 0 saturated carbocycles. The standard InChI is InChI=1S/C20H22F2N10O11P2/c21-8-6-1-38-44(34,35)42-12-7(41-18(9(12)22)31-4-27-10-14(23)25-3-26-15(10)31)2-39-45(36,37)43-13(8)19(40-6)32-5-28-11-16(32)29-20(24)30-17(11)33/h3-9,12-13,18-19H,1-2H2,(H,34,35)(H,36,37)(H2,23,25,26)(H3,24,29,30,33)/t6-,7-,8?,9+,12?,13+,18-,19-/m1/s1. The number of H-pyrrole nitrogens is 1. The minimum atomic E-state index is -5.23. The maximum atomic E-state index is 15.9. The van der Waals surface area contributed by atoms with Crippen molar-refractivity contribution in [1.82, 2.24) is 39.0 Å². The Morgan fingerprint density at radius 3 is 2.20 bits per heavy atom. The van der Waals surface area contributed by atoms with Crippen molar-refractivity contribution in [3.05, 3.63) is 29.3 Å². The normalized spacial score (nSPS) is 37.7. The quantitative estimate of drug-likeness (QED) is 0.169. The Labute approximate surface area is 247 Å². The number of phosphoric acid groups is 2. The highest BCUT2D eigenvalue weighted by Gasteiger charge is 2.55. The molecule has 7 heterocycles. The van der Waals surface area contributed by atoms with Gasteiger partial charge < -0.3 is 30.7 Å². The summed E-state index contributed by atoms with van der Waals surface area (Å²) in [5.41, 5.74) is 10.4. The number of rotatable bonds is 2. The summed E-state index contributed by atoms with van der Waals surface area (Å²) in [5.74, 6) is -0.342. The number of anilines is 2. The van der Waals surface area contributed by atoms with Crippen molar-refractivity contribution in [2.75, 3.05) is 24.7 Å². The Hall–Kier alpha value is -3.50. The van der Waals surface area contributed by atoms with E-state index in [1.807, 2.05) is 0 Å². The van der Waals surface area contributed by atoms with Crippen molar-refractivity contribution in [1.29, 1.82) is 0 Å². The molecule has 4 unspecified atom stereocenters. The highest BCUT2D eigenvalue weighted by molar-refractivity contribution is 7.47. The van der Waals surface area contributed by atoms with Gasteiger partial charge in [-0.15, -0.1) is 0 Å². The van der Waals surface area contributed by atoms with E-state index in [2.05, 4.69) is 29.9 Å². The van der Waals surface area contributed by atoms with Crippen molar-refractivity contribution in [3.8, 4) is 0 Å². The zero-order valence-corrected chi connectivity index (χ0v) is 24.1. The Balaban J connectivity index is 1.21. The molecule has 242 valence electrons. The van der Waals surface area contributed by atoms with E-state index in [1.54, 1.807) is 0 Å². The lowest BCUT2D eigenvalue weighted by Crippen LogP contribution is -2.34. The molecule has 10 atom stereocenters. The summed E-state index contributed by atoms with van der Waals surface area (Å²) in [7, 11) is -10.4. The molecule has 0 aromatic carbocycles. The van der Waals surface area contributed by atoms with Crippen molar-refractivity contribution in [2.24, 2.45) is 0 Å². The van der Waals surface area contributed by atoms with Crippen LogP contribution in [0.1, 0.15) is 12.5 Å². The van der Waals surface area contributed by atoms with Gasteiger partial charge in [0, 0.05) is 0 Å². The van der Waals surface area contributed by atoms with Crippen LogP contribution in [-0.4, -0.2) is 98.8 Å². The number of nitrogens with one attached hydrogen (secondary N) is 1. The third kappa shape index (κ3) is 5.29. The second-order valence-corrected chi connectivity index (χ2v) is 12.9. The number of aromatic nitrogens is 8. The van der Waals surface area contributed by atoms with Crippen molar-refractivity contribution in [3.63, 3.8) is 0 Å². The van der Waals surface area contributed by atoms with Crippen LogP contribution in [0.25, 0.3) is 22.3 Å². The maximum Gasteiger partial charge on any atom is 0.472 e. The third-order valence-corrected chi connectivity index (χ3v) is 9.20. The molecular weight excluding hydrogens is 656 g/mol. The molecule has 0 aliphatic carbocycles. The third-order valence-electron chi connectivity index (χ3n) is 7.23. The van der Waals surface area contributed by atoms with E-state index in [0.29, 0.717) is 0 Å². The zero-order valence-electron chi connectivity index (χ0n) is 22.3. The first-order chi connectivity index (χ1) is 21.3. The van der Waals surface area contributed by atoms with Gasteiger partial charge in [0.25, 0.3) is 5.56 Å². The Kier molecular flexibility index (Phi) is 7.24. The number of imidazole rings is 2. The molecule has 21 nitrogen and oxygen atoms in total. The summed E-state index contributed by atoms with van der Waals surface area (Å²) in [6.45, 7) is -1.94. The van der Waals surface area contributed by atoms with Crippen LogP contribution in [0.5, 0.6) is 0 Å². The summed E-state index contributed by atoms with van der Waals surface area (Å²) >= 11 is 0. The average molecular weight is 678 g/mol. The second-order valence-electron chi connectivity index (χ2n) is 10.0. The van der Waals surface area contributed by atoms with Crippen molar-refractivity contribution < 1.29 is 55.3 Å². The van der Waals surface area contributed by atoms with E-state index >= 15 is 8.78 Å². The second kappa shape index (κ2) is 10.8. The van der Waals surface area contributed by atoms with Crippen LogP contribution in [0.3, 0.4) is 0 Å². The topological polar surface area (TPSA) is 289 Å². The van der Waals surface area contributed by atoms with Crippen LogP contribution >= 0.6 is 15.6 Å². The van der Waals surface area contributed by atoms with Crippen LogP contribution in [-0.2, 0) is 36.7 Å². The number of halogens is 2. The molecule has 7 N–H and O–H groups in total. The van der Waals surface area contributed by atoms with E-state index < -0.39 is 83.6 Å². The molecule has 0 radical (unpaired) electrons. The molecule has 25 heteroatoms. The molecule has 0 spiro atoms. The fourth-order valence-corrected chi connectivity index (χ4v) is 7.11. The smallest absolute Gasteiger partial charge is 0.382 e. The molecule has 45 heavy (non-hydrogen) atoms. The van der Waals surface area contributed by atoms with Crippen LogP contribution in [0, 0.1) is 0 Å². The predicted molar refractivity (Wildman–Crippen MR) is 141 cm³/mol. The molecule has 4 aromatic rings. The van der Waals surface area contributed by atoms with Gasteiger partial charge in [0.05, 0.1) is 25.9 Å². The van der Waals surface area contributed by atoms with Gasteiger partial charge >= 0.3 is 15.6 Å². The molecule has 3 saturated heterocycles. The number of hydrogen-bond acceptors (Lipinski definition) is 16. The summed E-state index contributed by atoms with van der Waals surface area (Å²) in [5, 5.41) is 0. The SMILES string of the molecule is Nc1nc2c(ncn2[C@@H]2O[C@@H]3COP(=O)(O)OC4[C@@H](COP(=O)(O)O[C@H]2C3F)O[C@@H](n2cnc3c(N)ncnc32)[C@H]4F)c(=O)[nH]1. The minimum absolute atomic E-state index is 0.0167. The molecule has 0 amide bonds. The molecule has 3 fully saturated rings. The van der Waals surface area contributed by atoms with E-state index in [-0.39, 0.29) is 34.1 Å². The van der Waals surface area contributed by atoms with E-state index in [9.17, 15) is 23.7 Å². The lowest BCUT2D eigenvalue weighted by Gasteiger charge is -2.25. The molecular formula is C20H22F2N10O11P2. The van der Waals surface area contributed by atoms with E-state index in [0.717, 1.165) is 28.1 Å². The number of nitrogens with zero attached hydrogens (tertiary/aromatic N) is 7. The number of hydrogen-bond donors (Lipinski definition) is 5. The molecule has 3 aliphatic heterocycles. The van der Waals surface area contributed by atoms with Crippen molar-refractivity contribution in [2.45, 2.75) is 49.2 Å². The van der Waals surface area contributed by atoms with Crippen LogP contribution in [0.15, 0.2) is 23.8 Å². The minimum Gasteiger partial charge on any atom is -0.382 e. The summed E-state index contributed by atoms with van der Waals surface area (Å²) in [6, 6.07) is 0. The predicted octanol–water partition coefficient (Wildman–Crippen LogP) is -0.387. The number of fused-ring (bicyclic) bond motifs is 5. The highest BCUT2D eigenvalue weighted by atomic mass is 31.2. The van der Waals surface area contributed by atoms with Gasteiger partial charge in [-0.25, -0.2) is 37.8 Å². The first-order valence-corrected chi connectivity index (χ1v) is 15.9. The van der Waals surface area contributed by atoms with Gasteiger partial charge in [-0.05, 0) is 0 Å². The van der Waals surface area contributed by atoms with E-state index in [1.165, 1.54) is 0 Å². The first kappa shape index (κ1) is 30.2. The first-order valence-electron chi connectivity index (χ1n) is 12.9.